The molecule has 2 aromatic heterocycles. The number of rotatable bonds is 7. The summed E-state index contributed by atoms with van der Waals surface area (Å²) in [7, 11) is 0. The lowest BCUT2D eigenvalue weighted by molar-refractivity contribution is -0.121. The maximum Gasteiger partial charge on any atom is 0.242 e. The van der Waals surface area contributed by atoms with Crippen LogP contribution in [0.4, 0.5) is 0 Å². The molecule has 0 spiro atoms. The van der Waals surface area contributed by atoms with Gasteiger partial charge in [0.15, 0.2) is 0 Å². The zero-order chi connectivity index (χ0) is 22.6. The summed E-state index contributed by atoms with van der Waals surface area (Å²) in [6, 6.07) is 25.7. The number of hydrogen-bond donors (Lipinski definition) is 1. The molecule has 6 nitrogen and oxygen atoms in total. The highest BCUT2D eigenvalue weighted by atomic mass is 16.5. The van der Waals surface area contributed by atoms with Gasteiger partial charge >= 0.3 is 0 Å². The Kier molecular flexibility index (Phi) is 5.72. The lowest BCUT2D eigenvalue weighted by Crippen LogP contribution is -2.27. The summed E-state index contributed by atoms with van der Waals surface area (Å²) >= 11 is 0. The first-order valence-corrected chi connectivity index (χ1v) is 11.0. The van der Waals surface area contributed by atoms with Crippen LogP contribution in [-0.2, 0) is 17.9 Å². The second-order valence-electron chi connectivity index (χ2n) is 7.77. The van der Waals surface area contributed by atoms with E-state index in [9.17, 15) is 4.79 Å². The number of nitrogens with zero attached hydrogens (tertiary/aromatic N) is 3. The molecular formula is C27H24N4O2. The Morgan fingerprint density at radius 1 is 0.970 bits per heavy atom. The van der Waals surface area contributed by atoms with Crippen molar-refractivity contribution >= 4 is 27.7 Å². The average molecular weight is 437 g/mol. The number of amides is 1. The lowest BCUT2D eigenvalue weighted by atomic mass is 10.1. The van der Waals surface area contributed by atoms with E-state index in [4.69, 9.17) is 9.84 Å². The molecule has 0 atom stereocenters. The monoisotopic (exact) mass is 436 g/mol. The number of nitrogens with one attached hydrogen (secondary N) is 1. The standard InChI is InChI=1S/C27H24N4O2/c1-2-33-21-13-14-24-22(15-21)27-23(17-28-24)26(20-11-7-4-8-12-20)30-31(27)18-25(32)29-16-19-9-5-3-6-10-19/h3-15,17H,2,16,18H2,1H3,(H,29,32). The first kappa shape index (κ1) is 20.7. The number of pyridine rings is 1. The molecule has 0 aliphatic rings. The molecule has 0 saturated heterocycles. The van der Waals surface area contributed by atoms with Crippen LogP contribution in [0.3, 0.4) is 0 Å². The van der Waals surface area contributed by atoms with Crippen LogP contribution in [0.15, 0.2) is 85.1 Å². The number of carbonyl (C=O) groups excluding carboxylic acids is 1. The average Bonchev–Trinajstić information content (AvgIpc) is 3.23. The molecule has 164 valence electrons. The van der Waals surface area contributed by atoms with Gasteiger partial charge in [0.2, 0.25) is 5.91 Å². The van der Waals surface area contributed by atoms with Crippen molar-refractivity contribution in [3.63, 3.8) is 0 Å². The summed E-state index contributed by atoms with van der Waals surface area (Å²) in [4.78, 5) is 17.5. The van der Waals surface area contributed by atoms with Crippen LogP contribution in [0.2, 0.25) is 0 Å². The highest BCUT2D eigenvalue weighted by Crippen LogP contribution is 2.33. The fourth-order valence-corrected chi connectivity index (χ4v) is 4.00. The minimum atomic E-state index is -0.103. The Balaban J connectivity index is 1.58. The summed E-state index contributed by atoms with van der Waals surface area (Å²) in [5.41, 5.74) is 4.54. The van der Waals surface area contributed by atoms with Gasteiger partial charge < -0.3 is 10.1 Å². The highest BCUT2D eigenvalue weighted by molar-refractivity contribution is 6.08. The van der Waals surface area contributed by atoms with Crippen molar-refractivity contribution in [2.75, 3.05) is 6.61 Å². The Morgan fingerprint density at radius 3 is 2.48 bits per heavy atom. The van der Waals surface area contributed by atoms with E-state index in [1.54, 1.807) is 4.68 Å². The molecule has 33 heavy (non-hydrogen) atoms. The van der Waals surface area contributed by atoms with Gasteiger partial charge in [0.1, 0.15) is 18.0 Å². The number of carbonyl (C=O) groups is 1. The third kappa shape index (κ3) is 4.28. The summed E-state index contributed by atoms with van der Waals surface area (Å²) < 4.78 is 7.50. The molecule has 0 saturated carbocycles. The number of ether oxygens (including phenoxy) is 1. The third-order valence-electron chi connectivity index (χ3n) is 5.53. The van der Waals surface area contributed by atoms with Crippen LogP contribution in [0.1, 0.15) is 12.5 Å². The predicted molar refractivity (Wildman–Crippen MR) is 130 cm³/mol. The molecule has 6 heteroatoms. The quantitative estimate of drug-likeness (QED) is 0.391. The maximum absolute atomic E-state index is 12.9. The van der Waals surface area contributed by atoms with E-state index in [1.807, 2.05) is 92.0 Å². The molecule has 2 heterocycles. The molecule has 1 amide bonds. The van der Waals surface area contributed by atoms with Gasteiger partial charge in [0.05, 0.1) is 17.6 Å². The second-order valence-corrected chi connectivity index (χ2v) is 7.77. The van der Waals surface area contributed by atoms with Crippen molar-refractivity contribution in [3.05, 3.63) is 90.6 Å². The van der Waals surface area contributed by atoms with Crippen molar-refractivity contribution in [1.82, 2.24) is 20.1 Å². The maximum atomic E-state index is 12.9. The van der Waals surface area contributed by atoms with Gasteiger partial charge in [0, 0.05) is 29.1 Å². The molecule has 5 aromatic rings. The molecule has 0 bridgehead atoms. The van der Waals surface area contributed by atoms with Crippen molar-refractivity contribution < 1.29 is 9.53 Å². The molecule has 5 rings (SSSR count). The van der Waals surface area contributed by atoms with E-state index in [1.165, 1.54) is 0 Å². The van der Waals surface area contributed by atoms with E-state index in [0.717, 1.165) is 44.4 Å². The molecule has 3 aromatic carbocycles. The normalized spacial score (nSPS) is 11.1. The molecular weight excluding hydrogens is 412 g/mol. The van der Waals surface area contributed by atoms with Crippen LogP contribution >= 0.6 is 0 Å². The molecule has 0 aliphatic carbocycles. The number of aromatic nitrogens is 3. The number of benzene rings is 3. The molecule has 0 fully saturated rings. The van der Waals surface area contributed by atoms with Gasteiger partial charge in [-0.1, -0.05) is 60.7 Å². The van der Waals surface area contributed by atoms with Crippen molar-refractivity contribution in [3.8, 4) is 17.0 Å². The minimum Gasteiger partial charge on any atom is -0.494 e. The Labute approximate surface area is 191 Å². The van der Waals surface area contributed by atoms with Gasteiger partial charge in [0.25, 0.3) is 0 Å². The summed E-state index contributed by atoms with van der Waals surface area (Å²) in [5, 5.41) is 9.66. The summed E-state index contributed by atoms with van der Waals surface area (Å²) in [6.45, 7) is 3.11. The highest BCUT2D eigenvalue weighted by Gasteiger charge is 2.18. The smallest absolute Gasteiger partial charge is 0.242 e. The number of hydrogen-bond acceptors (Lipinski definition) is 4. The van der Waals surface area contributed by atoms with Crippen LogP contribution < -0.4 is 10.1 Å². The zero-order valence-electron chi connectivity index (χ0n) is 18.4. The van der Waals surface area contributed by atoms with Gasteiger partial charge in [-0.05, 0) is 30.7 Å². The molecule has 0 unspecified atom stereocenters. The molecule has 0 aliphatic heterocycles. The Morgan fingerprint density at radius 2 is 1.73 bits per heavy atom. The van der Waals surface area contributed by atoms with Gasteiger partial charge in [-0.15, -0.1) is 0 Å². The van der Waals surface area contributed by atoms with Gasteiger partial charge in [-0.3, -0.25) is 14.5 Å². The van der Waals surface area contributed by atoms with E-state index in [0.29, 0.717) is 13.2 Å². The zero-order valence-corrected chi connectivity index (χ0v) is 18.4. The topological polar surface area (TPSA) is 69.0 Å². The van der Waals surface area contributed by atoms with Crippen LogP contribution in [-0.4, -0.2) is 27.3 Å². The lowest BCUT2D eigenvalue weighted by Gasteiger charge is -2.09. The van der Waals surface area contributed by atoms with E-state index in [2.05, 4.69) is 10.3 Å². The van der Waals surface area contributed by atoms with Crippen molar-refractivity contribution in [2.45, 2.75) is 20.0 Å². The van der Waals surface area contributed by atoms with E-state index < -0.39 is 0 Å². The van der Waals surface area contributed by atoms with Crippen LogP contribution in [0, 0.1) is 0 Å². The largest absolute Gasteiger partial charge is 0.494 e. The SMILES string of the molecule is CCOc1ccc2ncc3c(-c4ccccc4)nn(CC(=O)NCc4ccccc4)c3c2c1. The van der Waals surface area contributed by atoms with Gasteiger partial charge in [-0.25, -0.2) is 0 Å². The van der Waals surface area contributed by atoms with Crippen LogP contribution in [0.25, 0.3) is 33.1 Å². The van der Waals surface area contributed by atoms with Crippen molar-refractivity contribution in [2.24, 2.45) is 0 Å². The predicted octanol–water partition coefficient (Wildman–Crippen LogP) is 4.97. The summed E-state index contributed by atoms with van der Waals surface area (Å²) in [6.07, 6.45) is 1.84. The first-order valence-electron chi connectivity index (χ1n) is 11.0. The van der Waals surface area contributed by atoms with E-state index in [-0.39, 0.29) is 12.5 Å². The van der Waals surface area contributed by atoms with Crippen molar-refractivity contribution in [1.29, 1.82) is 0 Å². The van der Waals surface area contributed by atoms with E-state index >= 15 is 0 Å². The fourth-order valence-electron chi connectivity index (χ4n) is 4.00. The first-order chi connectivity index (χ1) is 16.2. The third-order valence-corrected chi connectivity index (χ3v) is 5.53. The van der Waals surface area contributed by atoms with Crippen LogP contribution in [0.5, 0.6) is 5.75 Å². The minimum absolute atomic E-state index is 0.103. The molecule has 1 N–H and O–H groups in total. The Bertz CT molecular complexity index is 1410. The second kappa shape index (κ2) is 9.12. The molecule has 0 radical (unpaired) electrons. The fraction of sp³-hybridized carbons (Fsp3) is 0.148. The number of fused-ring (bicyclic) bond motifs is 3. The van der Waals surface area contributed by atoms with Gasteiger partial charge in [-0.2, -0.15) is 5.10 Å². The summed E-state index contributed by atoms with van der Waals surface area (Å²) in [5.74, 6) is 0.663. The Hall–Kier alpha value is -4.19.